The molecule has 1 aliphatic rings. The number of thioether (sulfide) groups is 1. The molecule has 5 rings (SSSR count). The standard InChI is InChI=1S/C27H25N5O3S/c1-17-4-7-20(8-5-17)23-14-22(19-9-11-21(35-3)12-10-19)30-32(23)25(33)16-36-26-28-24-13-6-18(2)15-31(24)27(34)29-26/h4-13,15,23H,14,16H2,1-3H3/t23-/m1/s1. The third kappa shape index (κ3) is 4.87. The first-order valence-corrected chi connectivity index (χ1v) is 12.5. The van der Waals surface area contributed by atoms with Crippen molar-refractivity contribution in [3.63, 3.8) is 0 Å². The number of carbonyl (C=O) groups is 1. The van der Waals surface area contributed by atoms with Gasteiger partial charge in [-0.25, -0.2) is 14.8 Å². The second-order valence-electron chi connectivity index (χ2n) is 8.66. The lowest BCUT2D eigenvalue weighted by Gasteiger charge is -2.22. The van der Waals surface area contributed by atoms with Crippen molar-refractivity contribution in [1.82, 2.24) is 19.4 Å². The van der Waals surface area contributed by atoms with Crippen LogP contribution < -0.4 is 10.4 Å². The molecule has 4 aromatic rings. The Kier molecular flexibility index (Phi) is 6.56. The molecule has 9 heteroatoms. The topological polar surface area (TPSA) is 89.2 Å². The first-order chi connectivity index (χ1) is 17.4. The molecule has 182 valence electrons. The van der Waals surface area contributed by atoms with Crippen LogP contribution in [0.15, 0.2) is 81.9 Å². The number of aromatic nitrogens is 3. The van der Waals surface area contributed by atoms with Gasteiger partial charge in [0, 0.05) is 12.6 Å². The van der Waals surface area contributed by atoms with Crippen molar-refractivity contribution >= 4 is 29.0 Å². The van der Waals surface area contributed by atoms with E-state index in [2.05, 4.69) is 9.97 Å². The molecule has 0 saturated heterocycles. The maximum atomic E-state index is 13.4. The van der Waals surface area contributed by atoms with E-state index in [1.807, 2.05) is 68.4 Å². The molecule has 8 nitrogen and oxygen atoms in total. The van der Waals surface area contributed by atoms with Gasteiger partial charge in [-0.15, -0.1) is 0 Å². The third-order valence-corrected chi connectivity index (χ3v) is 6.89. The van der Waals surface area contributed by atoms with Crippen molar-refractivity contribution in [2.24, 2.45) is 5.10 Å². The van der Waals surface area contributed by atoms with E-state index in [1.54, 1.807) is 24.4 Å². The fourth-order valence-corrected chi connectivity index (χ4v) is 4.79. The van der Waals surface area contributed by atoms with Crippen molar-refractivity contribution in [1.29, 1.82) is 0 Å². The van der Waals surface area contributed by atoms with Crippen LogP contribution in [0.2, 0.25) is 0 Å². The summed E-state index contributed by atoms with van der Waals surface area (Å²) in [6.45, 7) is 3.93. The van der Waals surface area contributed by atoms with E-state index >= 15 is 0 Å². The number of hydrogen-bond donors (Lipinski definition) is 0. The van der Waals surface area contributed by atoms with Gasteiger partial charge in [-0.1, -0.05) is 47.7 Å². The highest BCUT2D eigenvalue weighted by atomic mass is 32.2. The second-order valence-corrected chi connectivity index (χ2v) is 9.60. The molecule has 0 fully saturated rings. The minimum Gasteiger partial charge on any atom is -0.497 e. The number of benzene rings is 2. The Bertz CT molecular complexity index is 1510. The van der Waals surface area contributed by atoms with E-state index < -0.39 is 5.69 Å². The number of rotatable bonds is 6. The summed E-state index contributed by atoms with van der Waals surface area (Å²) in [7, 11) is 1.63. The summed E-state index contributed by atoms with van der Waals surface area (Å²) in [5, 5.41) is 6.54. The fourth-order valence-electron chi connectivity index (χ4n) is 4.11. The minimum absolute atomic E-state index is 0.0588. The van der Waals surface area contributed by atoms with Gasteiger partial charge in [0.1, 0.15) is 11.4 Å². The second kappa shape index (κ2) is 9.94. The van der Waals surface area contributed by atoms with Crippen molar-refractivity contribution < 1.29 is 9.53 Å². The SMILES string of the molecule is COc1ccc(C2=NN(C(=O)CSc3nc(=O)n4cc(C)ccc4n3)[C@@H](c3ccc(C)cc3)C2)cc1. The summed E-state index contributed by atoms with van der Waals surface area (Å²) < 4.78 is 6.67. The van der Waals surface area contributed by atoms with Gasteiger partial charge in [0.25, 0.3) is 5.91 Å². The Morgan fingerprint density at radius 3 is 2.44 bits per heavy atom. The predicted molar refractivity (Wildman–Crippen MR) is 140 cm³/mol. The van der Waals surface area contributed by atoms with Crippen LogP contribution in [0.5, 0.6) is 5.75 Å². The van der Waals surface area contributed by atoms with Crippen LogP contribution in [-0.4, -0.2) is 43.9 Å². The number of nitrogens with zero attached hydrogens (tertiary/aromatic N) is 5. The number of ether oxygens (including phenoxy) is 1. The Morgan fingerprint density at radius 2 is 1.72 bits per heavy atom. The van der Waals surface area contributed by atoms with Gasteiger partial charge < -0.3 is 4.74 Å². The summed E-state index contributed by atoms with van der Waals surface area (Å²) >= 11 is 1.14. The normalized spacial score (nSPS) is 15.2. The molecule has 2 aromatic carbocycles. The number of aryl methyl sites for hydroxylation is 2. The molecule has 1 amide bonds. The summed E-state index contributed by atoms with van der Waals surface area (Å²) in [6.07, 6.45) is 2.29. The van der Waals surface area contributed by atoms with Crippen LogP contribution in [0.4, 0.5) is 0 Å². The molecule has 0 unspecified atom stereocenters. The number of methoxy groups -OCH3 is 1. The molecule has 3 heterocycles. The van der Waals surface area contributed by atoms with Gasteiger partial charge in [-0.05, 0) is 60.9 Å². The van der Waals surface area contributed by atoms with E-state index in [1.165, 1.54) is 4.40 Å². The largest absolute Gasteiger partial charge is 0.497 e. The van der Waals surface area contributed by atoms with Crippen LogP contribution >= 0.6 is 11.8 Å². The summed E-state index contributed by atoms with van der Waals surface area (Å²) in [6, 6.07) is 19.2. The molecule has 0 bridgehead atoms. The fraction of sp³-hybridized carbons (Fsp3) is 0.222. The van der Waals surface area contributed by atoms with Gasteiger partial charge >= 0.3 is 5.69 Å². The summed E-state index contributed by atoms with van der Waals surface area (Å²) in [5.41, 5.74) is 4.95. The number of hydrazone groups is 1. The summed E-state index contributed by atoms with van der Waals surface area (Å²) in [4.78, 5) is 34.3. The number of hydrogen-bond acceptors (Lipinski definition) is 7. The molecule has 1 aliphatic heterocycles. The van der Waals surface area contributed by atoms with Crippen molar-refractivity contribution in [3.05, 3.63) is 99.6 Å². The smallest absolute Gasteiger partial charge is 0.355 e. The van der Waals surface area contributed by atoms with Gasteiger partial charge in [0.05, 0.1) is 24.6 Å². The zero-order chi connectivity index (χ0) is 25.2. The molecule has 0 N–H and O–H groups in total. The maximum Gasteiger partial charge on any atom is 0.355 e. The summed E-state index contributed by atoms with van der Waals surface area (Å²) in [5.74, 6) is 0.642. The maximum absolute atomic E-state index is 13.4. The zero-order valence-electron chi connectivity index (χ0n) is 20.2. The highest BCUT2D eigenvalue weighted by Crippen LogP contribution is 2.34. The Labute approximate surface area is 212 Å². The molecular formula is C27H25N5O3S. The predicted octanol–water partition coefficient (Wildman–Crippen LogP) is 4.18. The molecule has 36 heavy (non-hydrogen) atoms. The molecule has 2 aromatic heterocycles. The Balaban J connectivity index is 1.40. The Morgan fingerprint density at radius 1 is 1.00 bits per heavy atom. The zero-order valence-corrected chi connectivity index (χ0v) is 21.0. The first-order valence-electron chi connectivity index (χ1n) is 11.5. The van der Waals surface area contributed by atoms with Gasteiger partial charge in [0.15, 0.2) is 5.16 Å². The van der Waals surface area contributed by atoms with Crippen molar-refractivity contribution in [2.45, 2.75) is 31.5 Å². The van der Waals surface area contributed by atoms with E-state index in [9.17, 15) is 9.59 Å². The van der Waals surface area contributed by atoms with Crippen LogP contribution in [0, 0.1) is 13.8 Å². The molecular weight excluding hydrogens is 474 g/mol. The first kappa shape index (κ1) is 23.7. The lowest BCUT2D eigenvalue weighted by molar-refractivity contribution is -0.130. The average molecular weight is 500 g/mol. The lowest BCUT2D eigenvalue weighted by atomic mass is 9.97. The minimum atomic E-state index is -0.419. The molecule has 0 spiro atoms. The Hall–Kier alpha value is -3.98. The lowest BCUT2D eigenvalue weighted by Crippen LogP contribution is -2.29. The number of pyridine rings is 1. The highest BCUT2D eigenvalue weighted by Gasteiger charge is 2.33. The van der Waals surface area contributed by atoms with E-state index in [4.69, 9.17) is 9.84 Å². The monoisotopic (exact) mass is 499 g/mol. The third-order valence-electron chi connectivity index (χ3n) is 6.06. The van der Waals surface area contributed by atoms with Gasteiger partial charge in [-0.3, -0.25) is 9.20 Å². The molecule has 0 saturated carbocycles. The van der Waals surface area contributed by atoms with Gasteiger partial charge in [-0.2, -0.15) is 10.1 Å². The van der Waals surface area contributed by atoms with Crippen LogP contribution in [0.25, 0.3) is 5.65 Å². The number of amides is 1. The average Bonchev–Trinajstić information content (AvgIpc) is 3.34. The van der Waals surface area contributed by atoms with Crippen molar-refractivity contribution in [3.8, 4) is 5.75 Å². The van der Waals surface area contributed by atoms with E-state index in [0.717, 1.165) is 45.5 Å². The number of fused-ring (bicyclic) bond motifs is 1. The van der Waals surface area contributed by atoms with E-state index in [0.29, 0.717) is 12.1 Å². The van der Waals surface area contributed by atoms with Crippen LogP contribution in [0.1, 0.15) is 34.7 Å². The van der Waals surface area contributed by atoms with Crippen LogP contribution in [0.3, 0.4) is 0 Å². The molecule has 0 radical (unpaired) electrons. The number of carbonyl (C=O) groups excluding carboxylic acids is 1. The molecule has 1 atom stereocenters. The quantitative estimate of drug-likeness (QED) is 0.370. The van der Waals surface area contributed by atoms with E-state index in [-0.39, 0.29) is 22.9 Å². The van der Waals surface area contributed by atoms with Crippen LogP contribution in [-0.2, 0) is 4.79 Å². The van der Waals surface area contributed by atoms with Gasteiger partial charge in [0.2, 0.25) is 0 Å². The van der Waals surface area contributed by atoms with Crippen molar-refractivity contribution in [2.75, 3.05) is 12.9 Å². The molecule has 0 aliphatic carbocycles. The highest BCUT2D eigenvalue weighted by molar-refractivity contribution is 7.99.